The van der Waals surface area contributed by atoms with Gasteiger partial charge >= 0.3 is 0 Å². The molecule has 0 unspecified atom stereocenters. The third kappa shape index (κ3) is 2.96. The van der Waals surface area contributed by atoms with Gasteiger partial charge in [-0.1, -0.05) is 56.9 Å². The van der Waals surface area contributed by atoms with Crippen molar-refractivity contribution >= 4 is 13.3 Å². The fraction of sp³-hybridized carbons (Fsp3) is 0.385. The molecule has 0 saturated heterocycles. The van der Waals surface area contributed by atoms with Gasteiger partial charge in [-0.15, -0.1) is 0 Å². The first-order valence-electron chi connectivity index (χ1n) is 5.51. The minimum Gasteiger partial charge on any atom is -0.402 e. The summed E-state index contributed by atoms with van der Waals surface area (Å²) < 4.78 is 0. The Bertz CT molecular complexity index is 347. The molecule has 0 bridgehead atoms. The zero-order chi connectivity index (χ0) is 11.5. The molecule has 0 spiro atoms. The summed E-state index contributed by atoms with van der Waals surface area (Å²) in [5.74, 6) is 0. The topological polar surface area (TPSA) is 26.0 Å². The van der Waals surface area contributed by atoms with Crippen molar-refractivity contribution < 1.29 is 0 Å². The molecule has 82 valence electrons. The Kier molecular flexibility index (Phi) is 3.75. The molecule has 0 radical (unpaired) electrons. The molecule has 15 heavy (non-hydrogen) atoms. The van der Waals surface area contributed by atoms with E-state index in [0.29, 0.717) is 0 Å². The van der Waals surface area contributed by atoms with E-state index in [-0.39, 0.29) is 0 Å². The normalized spacial score (nSPS) is 13.6. The van der Waals surface area contributed by atoms with Gasteiger partial charge in [0.1, 0.15) is 0 Å². The molecule has 0 aliphatic heterocycles. The first-order chi connectivity index (χ1) is 6.96. The minimum atomic E-state index is -1.36. The molecular formula is C13H21NSi. The number of hydrogen-bond donors (Lipinski definition) is 1. The maximum absolute atomic E-state index is 6.15. The lowest BCUT2D eigenvalue weighted by atomic mass is 10.1. The molecule has 0 heterocycles. The Labute approximate surface area is 94.0 Å². The minimum absolute atomic E-state index is 0.939. The van der Waals surface area contributed by atoms with Gasteiger partial charge in [0.15, 0.2) is 0 Å². The highest BCUT2D eigenvalue weighted by atomic mass is 28.3. The van der Waals surface area contributed by atoms with Gasteiger partial charge < -0.3 is 5.73 Å². The van der Waals surface area contributed by atoms with E-state index in [9.17, 15) is 0 Å². The Morgan fingerprint density at radius 1 is 1.13 bits per heavy atom. The molecule has 0 saturated carbocycles. The van der Waals surface area contributed by atoms with E-state index < -0.39 is 8.07 Å². The summed E-state index contributed by atoms with van der Waals surface area (Å²) in [6.45, 7) is 9.16. The molecule has 0 fully saturated rings. The van der Waals surface area contributed by atoms with Crippen molar-refractivity contribution in [2.24, 2.45) is 5.73 Å². The fourth-order valence-electron chi connectivity index (χ4n) is 1.88. The second kappa shape index (κ2) is 4.66. The molecule has 1 aromatic carbocycles. The SMILES string of the molecule is CCC(N)=C(c1ccccc1)[Si](C)(C)C. The second-order valence-corrected chi connectivity index (χ2v) is 9.87. The van der Waals surface area contributed by atoms with Crippen LogP contribution in [0.1, 0.15) is 18.9 Å². The lowest BCUT2D eigenvalue weighted by molar-refractivity contribution is 1.08. The lowest BCUT2D eigenvalue weighted by Crippen LogP contribution is -2.26. The highest BCUT2D eigenvalue weighted by Gasteiger charge is 2.23. The van der Waals surface area contributed by atoms with Crippen LogP contribution in [0.25, 0.3) is 5.20 Å². The zero-order valence-corrected chi connectivity index (χ0v) is 11.2. The van der Waals surface area contributed by atoms with Crippen molar-refractivity contribution in [2.75, 3.05) is 0 Å². The Morgan fingerprint density at radius 3 is 2.07 bits per heavy atom. The molecule has 1 aromatic rings. The van der Waals surface area contributed by atoms with Crippen LogP contribution in [0.3, 0.4) is 0 Å². The van der Waals surface area contributed by atoms with Crippen LogP contribution in [-0.2, 0) is 0 Å². The van der Waals surface area contributed by atoms with E-state index >= 15 is 0 Å². The van der Waals surface area contributed by atoms with Crippen molar-refractivity contribution in [3.05, 3.63) is 41.6 Å². The molecule has 0 aliphatic carbocycles. The van der Waals surface area contributed by atoms with Crippen LogP contribution in [-0.4, -0.2) is 8.07 Å². The first-order valence-corrected chi connectivity index (χ1v) is 9.01. The molecule has 1 rings (SSSR count). The van der Waals surface area contributed by atoms with Crippen LogP contribution in [0.5, 0.6) is 0 Å². The molecule has 0 atom stereocenters. The maximum atomic E-state index is 6.15. The van der Waals surface area contributed by atoms with Crippen molar-refractivity contribution in [3.63, 3.8) is 0 Å². The largest absolute Gasteiger partial charge is 0.402 e. The lowest BCUT2D eigenvalue weighted by Gasteiger charge is -2.23. The van der Waals surface area contributed by atoms with E-state index in [0.717, 1.165) is 12.1 Å². The third-order valence-corrected chi connectivity index (χ3v) is 4.62. The summed E-state index contributed by atoms with van der Waals surface area (Å²) in [5, 5.41) is 1.41. The highest BCUT2D eigenvalue weighted by Crippen LogP contribution is 2.28. The second-order valence-electron chi connectivity index (χ2n) is 4.87. The first kappa shape index (κ1) is 12.0. The number of allylic oxidation sites excluding steroid dienone is 1. The molecule has 0 aliphatic rings. The third-order valence-electron chi connectivity index (χ3n) is 2.51. The van der Waals surface area contributed by atoms with Gasteiger partial charge in [-0.3, -0.25) is 0 Å². The molecule has 2 N–H and O–H groups in total. The zero-order valence-electron chi connectivity index (χ0n) is 10.2. The van der Waals surface area contributed by atoms with Gasteiger partial charge in [-0.2, -0.15) is 0 Å². The van der Waals surface area contributed by atoms with E-state index in [2.05, 4.69) is 50.8 Å². The number of rotatable bonds is 3. The summed E-state index contributed by atoms with van der Waals surface area (Å²) in [5.41, 5.74) is 8.51. The van der Waals surface area contributed by atoms with Crippen LogP contribution >= 0.6 is 0 Å². The highest BCUT2D eigenvalue weighted by molar-refractivity contribution is 6.93. The summed E-state index contributed by atoms with van der Waals surface area (Å²) in [7, 11) is -1.36. The summed E-state index contributed by atoms with van der Waals surface area (Å²) in [6, 6.07) is 10.5. The van der Waals surface area contributed by atoms with Gasteiger partial charge in [0.2, 0.25) is 0 Å². The van der Waals surface area contributed by atoms with Crippen molar-refractivity contribution in [2.45, 2.75) is 33.0 Å². The van der Waals surface area contributed by atoms with Crippen LogP contribution < -0.4 is 5.73 Å². The predicted octanol–water partition coefficient (Wildman–Crippen LogP) is 3.64. The number of nitrogens with two attached hydrogens (primary N) is 1. The molecule has 0 amide bonds. The average molecular weight is 219 g/mol. The van der Waals surface area contributed by atoms with E-state index in [1.54, 1.807) is 0 Å². The quantitative estimate of drug-likeness (QED) is 0.772. The number of benzene rings is 1. The van der Waals surface area contributed by atoms with Gasteiger partial charge in [-0.05, 0) is 17.2 Å². The monoisotopic (exact) mass is 219 g/mol. The van der Waals surface area contributed by atoms with Gasteiger partial charge in [0, 0.05) is 5.70 Å². The van der Waals surface area contributed by atoms with Crippen LogP contribution in [0.4, 0.5) is 0 Å². The molecule has 2 heteroatoms. The Hall–Kier alpha value is -1.02. The standard InChI is InChI=1S/C13H21NSi/c1-5-12(14)13(15(2,3)4)11-9-7-6-8-10-11/h6-10H,5,14H2,1-4H3. The van der Waals surface area contributed by atoms with Crippen molar-refractivity contribution in [3.8, 4) is 0 Å². The summed E-state index contributed by atoms with van der Waals surface area (Å²) >= 11 is 0. The Morgan fingerprint density at radius 2 is 1.67 bits per heavy atom. The number of hydrogen-bond acceptors (Lipinski definition) is 1. The molecular weight excluding hydrogens is 198 g/mol. The summed E-state index contributed by atoms with van der Waals surface area (Å²) in [4.78, 5) is 0. The van der Waals surface area contributed by atoms with Gasteiger partial charge in [0.25, 0.3) is 0 Å². The smallest absolute Gasteiger partial charge is 0.0806 e. The van der Waals surface area contributed by atoms with Crippen molar-refractivity contribution in [1.82, 2.24) is 0 Å². The fourth-order valence-corrected chi connectivity index (χ4v) is 4.05. The maximum Gasteiger partial charge on any atom is 0.0806 e. The van der Waals surface area contributed by atoms with Crippen molar-refractivity contribution in [1.29, 1.82) is 0 Å². The molecule has 1 nitrogen and oxygen atoms in total. The van der Waals surface area contributed by atoms with E-state index in [4.69, 9.17) is 5.73 Å². The Balaban J connectivity index is 3.27. The summed E-state index contributed by atoms with van der Waals surface area (Å²) in [6.07, 6.45) is 0.939. The van der Waals surface area contributed by atoms with E-state index in [1.807, 2.05) is 6.07 Å². The van der Waals surface area contributed by atoms with Crippen LogP contribution in [0.2, 0.25) is 19.6 Å². The van der Waals surface area contributed by atoms with E-state index in [1.165, 1.54) is 10.8 Å². The predicted molar refractivity (Wildman–Crippen MR) is 71.2 cm³/mol. The molecule has 0 aromatic heterocycles. The van der Waals surface area contributed by atoms with Crippen LogP contribution in [0, 0.1) is 0 Å². The van der Waals surface area contributed by atoms with Gasteiger partial charge in [0.05, 0.1) is 8.07 Å². The van der Waals surface area contributed by atoms with Crippen LogP contribution in [0.15, 0.2) is 36.0 Å². The average Bonchev–Trinajstić information content (AvgIpc) is 2.17. The van der Waals surface area contributed by atoms with Gasteiger partial charge in [-0.25, -0.2) is 0 Å².